The average molecular weight is 700 g/mol. The third kappa shape index (κ3) is 7.79. The number of hydrogen-bond donors (Lipinski definition) is 1. The summed E-state index contributed by atoms with van der Waals surface area (Å²) in [6, 6.07) is 24.8. The fourth-order valence-corrected chi connectivity index (χ4v) is 6.04. The summed E-state index contributed by atoms with van der Waals surface area (Å²) in [4.78, 5) is 50.9. The number of benzene rings is 4. The third-order valence-corrected chi connectivity index (χ3v) is 9.40. The molecule has 0 aliphatic rings. The number of nitrogens with one attached hydrogen (secondary N) is 1. The molecule has 0 saturated heterocycles. The first kappa shape index (κ1) is 34.8. The highest BCUT2D eigenvalue weighted by Crippen LogP contribution is 2.27. The summed E-state index contributed by atoms with van der Waals surface area (Å²) in [5.41, 5.74) is 2.88. The van der Waals surface area contributed by atoms with Crippen LogP contribution in [-0.2, 0) is 19.5 Å². The molecule has 0 bridgehead atoms. The van der Waals surface area contributed by atoms with Gasteiger partial charge in [0.2, 0.25) is 9.84 Å². The van der Waals surface area contributed by atoms with Gasteiger partial charge in [0.1, 0.15) is 23.6 Å². The molecule has 49 heavy (non-hydrogen) atoms. The van der Waals surface area contributed by atoms with E-state index in [1.165, 1.54) is 53.1 Å². The first-order valence-corrected chi connectivity index (χ1v) is 16.4. The van der Waals surface area contributed by atoms with Gasteiger partial charge in [0.15, 0.2) is 0 Å². The zero-order chi connectivity index (χ0) is 35.1. The van der Waals surface area contributed by atoms with Gasteiger partial charge in [0.05, 0.1) is 35.0 Å². The van der Waals surface area contributed by atoms with E-state index in [1.54, 1.807) is 78.9 Å². The Hall–Kier alpha value is -5.54. The number of rotatable bonds is 8. The van der Waals surface area contributed by atoms with E-state index in [1.807, 2.05) is 0 Å². The molecule has 6 aromatic rings. The number of carbonyl (C=O) groups excluding carboxylic acids is 2. The van der Waals surface area contributed by atoms with Crippen LogP contribution in [0, 0.1) is 0 Å². The van der Waals surface area contributed by atoms with Crippen molar-refractivity contribution < 1.29 is 27.7 Å². The van der Waals surface area contributed by atoms with Crippen LogP contribution in [0.25, 0.3) is 21.8 Å². The molecule has 1 N–H and O–H groups in total. The Balaban J connectivity index is 0.000000232. The van der Waals surface area contributed by atoms with Gasteiger partial charge < -0.3 is 5.32 Å². The number of hydrogen-bond acceptors (Lipinski definition) is 11. The van der Waals surface area contributed by atoms with Crippen LogP contribution in [-0.4, -0.2) is 78.6 Å². The number of fused-ring (bicyclic) bond motifs is 2. The van der Waals surface area contributed by atoms with Crippen molar-refractivity contribution in [3.63, 3.8) is 0 Å². The maximum atomic E-state index is 12.8. The minimum Gasteiger partial charge on any atom is -0.340 e. The largest absolute Gasteiger partial charge is 0.340 e. The molecule has 0 fully saturated rings. The highest BCUT2D eigenvalue weighted by atomic mass is 35.5. The van der Waals surface area contributed by atoms with Crippen LogP contribution in [0.3, 0.4) is 0 Å². The Morgan fingerprint density at radius 2 is 1.18 bits per heavy atom. The quantitative estimate of drug-likeness (QED) is 0.152. The molecule has 250 valence electrons. The molecule has 0 aliphatic carbocycles. The Kier molecular flexibility index (Phi) is 10.7. The van der Waals surface area contributed by atoms with Crippen molar-refractivity contribution in [1.29, 1.82) is 0 Å². The Morgan fingerprint density at radius 3 is 1.76 bits per heavy atom. The van der Waals surface area contributed by atoms with Gasteiger partial charge in [-0.2, -0.15) is 0 Å². The molecule has 0 aliphatic heterocycles. The van der Waals surface area contributed by atoms with E-state index in [9.17, 15) is 18.0 Å². The lowest BCUT2D eigenvalue weighted by molar-refractivity contribution is -0.0757. The molecule has 0 radical (unpaired) electrons. The van der Waals surface area contributed by atoms with Crippen LogP contribution in [0.1, 0.15) is 20.7 Å². The van der Waals surface area contributed by atoms with E-state index in [0.717, 1.165) is 10.1 Å². The second kappa shape index (κ2) is 15.1. The standard InChI is InChI=1S/C23H20N4O4S.C11H10ClN3O2/c1-27(31-2)23(28)16-8-13-21-20(14-16)22(25-15-24-21)26-17-9-11-19(12-10-17)32(29,30)18-6-4-3-5-7-18;1-15(17-2)11(16)7-3-4-9-8(5-7)10(12)14-6-13-9/h3-15H,1-2H3,(H,24,25,26);3-6H,1-2H3. The SMILES string of the molecule is CON(C)C(=O)c1ccc2ncnc(Cl)c2c1.CON(C)C(=O)c1ccc2ncnc(Nc3ccc(S(=O)(=O)c4ccccc4)cc3)c2c1. The van der Waals surface area contributed by atoms with Crippen molar-refractivity contribution in [1.82, 2.24) is 30.1 Å². The Bertz CT molecular complexity index is 2240. The smallest absolute Gasteiger partial charge is 0.277 e. The van der Waals surface area contributed by atoms with Gasteiger partial charge in [-0.05, 0) is 72.8 Å². The minimum absolute atomic E-state index is 0.192. The van der Waals surface area contributed by atoms with E-state index >= 15 is 0 Å². The number of amides is 2. The first-order valence-electron chi connectivity index (χ1n) is 14.5. The third-order valence-electron chi connectivity index (χ3n) is 7.32. The van der Waals surface area contributed by atoms with Gasteiger partial charge in [-0.15, -0.1) is 0 Å². The molecule has 0 unspecified atom stereocenters. The number of hydroxylamine groups is 4. The van der Waals surface area contributed by atoms with Crippen LogP contribution < -0.4 is 5.32 Å². The van der Waals surface area contributed by atoms with Gasteiger partial charge in [-0.3, -0.25) is 19.3 Å². The number of aromatic nitrogens is 4. The predicted octanol–water partition coefficient (Wildman–Crippen LogP) is 5.76. The van der Waals surface area contributed by atoms with E-state index in [4.69, 9.17) is 21.3 Å². The Labute approximate surface area is 286 Å². The molecule has 0 saturated carbocycles. The van der Waals surface area contributed by atoms with Crippen molar-refractivity contribution in [3.05, 3.63) is 120 Å². The number of sulfone groups is 1. The average Bonchev–Trinajstić information content (AvgIpc) is 3.14. The fourth-order valence-electron chi connectivity index (χ4n) is 4.57. The summed E-state index contributed by atoms with van der Waals surface area (Å²) in [6.07, 6.45) is 2.80. The number of carbonyl (C=O) groups is 2. The summed E-state index contributed by atoms with van der Waals surface area (Å²) in [6.45, 7) is 0. The van der Waals surface area contributed by atoms with Crippen molar-refractivity contribution in [3.8, 4) is 0 Å². The van der Waals surface area contributed by atoms with Gasteiger partial charge in [0, 0.05) is 41.7 Å². The maximum absolute atomic E-state index is 12.8. The van der Waals surface area contributed by atoms with Crippen molar-refractivity contribution in [2.24, 2.45) is 0 Å². The van der Waals surface area contributed by atoms with Gasteiger partial charge >= 0.3 is 0 Å². The summed E-state index contributed by atoms with van der Waals surface area (Å²) in [7, 11) is 2.31. The molecule has 15 heteroatoms. The summed E-state index contributed by atoms with van der Waals surface area (Å²) in [5, 5.41) is 7.05. The molecule has 2 amide bonds. The van der Waals surface area contributed by atoms with Crippen LogP contribution in [0.15, 0.2) is 113 Å². The van der Waals surface area contributed by atoms with Gasteiger partial charge in [-0.1, -0.05) is 29.8 Å². The van der Waals surface area contributed by atoms with Crippen LogP contribution in [0.2, 0.25) is 5.15 Å². The Morgan fingerprint density at radius 1 is 0.673 bits per heavy atom. The van der Waals surface area contributed by atoms with Crippen molar-refractivity contribution in [2.45, 2.75) is 9.79 Å². The molecule has 4 aromatic carbocycles. The molecule has 13 nitrogen and oxygen atoms in total. The first-order chi connectivity index (χ1) is 23.5. The van der Waals surface area contributed by atoms with Crippen LogP contribution >= 0.6 is 11.6 Å². The molecule has 6 rings (SSSR count). The predicted molar refractivity (Wildman–Crippen MR) is 184 cm³/mol. The molecule has 0 atom stereocenters. The topological polar surface area (TPSA) is 157 Å². The molecular formula is C34H30ClN7O6S. The van der Waals surface area contributed by atoms with E-state index in [0.29, 0.717) is 49.6 Å². The lowest BCUT2D eigenvalue weighted by Gasteiger charge is -2.14. The minimum atomic E-state index is -3.60. The zero-order valence-corrected chi connectivity index (χ0v) is 28.3. The highest BCUT2D eigenvalue weighted by molar-refractivity contribution is 7.91. The normalized spacial score (nSPS) is 11.0. The van der Waals surface area contributed by atoms with Crippen LogP contribution in [0.5, 0.6) is 0 Å². The molecular weight excluding hydrogens is 670 g/mol. The van der Waals surface area contributed by atoms with E-state index in [2.05, 4.69) is 25.3 Å². The highest BCUT2D eigenvalue weighted by Gasteiger charge is 2.18. The molecule has 0 spiro atoms. The second-order valence-corrected chi connectivity index (χ2v) is 12.6. The fraction of sp³-hybridized carbons (Fsp3) is 0.118. The molecule has 2 heterocycles. The van der Waals surface area contributed by atoms with E-state index < -0.39 is 9.84 Å². The number of nitrogens with zero attached hydrogens (tertiary/aromatic N) is 6. The lowest BCUT2D eigenvalue weighted by Crippen LogP contribution is -2.25. The molecule has 2 aromatic heterocycles. The van der Waals surface area contributed by atoms with Crippen molar-refractivity contribution >= 4 is 66.6 Å². The number of halogens is 1. The van der Waals surface area contributed by atoms with E-state index in [-0.39, 0.29) is 21.6 Å². The summed E-state index contributed by atoms with van der Waals surface area (Å²) >= 11 is 5.94. The van der Waals surface area contributed by atoms with Crippen molar-refractivity contribution in [2.75, 3.05) is 33.6 Å². The van der Waals surface area contributed by atoms with Crippen LogP contribution in [0.4, 0.5) is 11.5 Å². The number of anilines is 2. The zero-order valence-electron chi connectivity index (χ0n) is 26.7. The van der Waals surface area contributed by atoms with Gasteiger partial charge in [-0.25, -0.2) is 38.5 Å². The summed E-state index contributed by atoms with van der Waals surface area (Å²) < 4.78 is 25.5. The van der Waals surface area contributed by atoms with Gasteiger partial charge in [0.25, 0.3) is 11.8 Å². The summed E-state index contributed by atoms with van der Waals surface area (Å²) in [5.74, 6) is -0.0719. The maximum Gasteiger partial charge on any atom is 0.277 e. The lowest BCUT2D eigenvalue weighted by atomic mass is 10.1. The second-order valence-electron chi connectivity index (χ2n) is 10.3. The monoisotopic (exact) mass is 699 g/mol.